The monoisotopic (exact) mass is 267 g/mol. The zero-order valence-corrected chi connectivity index (χ0v) is 11.1. The Balaban J connectivity index is 1.67. The molecular weight excluding hydrogens is 254 g/mol. The van der Waals surface area contributed by atoms with Crippen molar-refractivity contribution in [3.63, 3.8) is 0 Å². The summed E-state index contributed by atoms with van der Waals surface area (Å²) in [5, 5.41) is 4.06. The lowest BCUT2D eigenvalue weighted by atomic mass is 10.2. The first kappa shape index (κ1) is 11.9. The second kappa shape index (κ2) is 5.67. The van der Waals surface area contributed by atoms with Gasteiger partial charge >= 0.3 is 0 Å². The van der Waals surface area contributed by atoms with E-state index in [2.05, 4.69) is 29.3 Å². The SMILES string of the molecule is C(=C\c1ccccc1)/Cc1coc(-c2ccsc2)n1. The fourth-order valence-electron chi connectivity index (χ4n) is 1.80. The highest BCUT2D eigenvalue weighted by atomic mass is 32.1. The maximum absolute atomic E-state index is 5.47. The zero-order valence-electron chi connectivity index (χ0n) is 10.3. The van der Waals surface area contributed by atoms with E-state index in [0.717, 1.165) is 17.7 Å². The van der Waals surface area contributed by atoms with Crippen molar-refractivity contribution in [2.24, 2.45) is 0 Å². The van der Waals surface area contributed by atoms with Crippen LogP contribution in [0.5, 0.6) is 0 Å². The summed E-state index contributed by atoms with van der Waals surface area (Å²) in [5.41, 5.74) is 3.20. The van der Waals surface area contributed by atoms with Crippen LogP contribution < -0.4 is 0 Å². The van der Waals surface area contributed by atoms with Crippen LogP contribution in [0, 0.1) is 0 Å². The Hall–Kier alpha value is -2.13. The molecule has 0 unspecified atom stereocenters. The van der Waals surface area contributed by atoms with Crippen molar-refractivity contribution < 1.29 is 4.42 Å². The second-order valence-corrected chi connectivity index (χ2v) is 4.95. The molecule has 0 fully saturated rings. The van der Waals surface area contributed by atoms with Gasteiger partial charge in [-0.25, -0.2) is 4.98 Å². The van der Waals surface area contributed by atoms with Crippen molar-refractivity contribution in [3.05, 3.63) is 70.8 Å². The lowest BCUT2D eigenvalue weighted by Crippen LogP contribution is -1.81. The predicted octanol–water partition coefficient (Wildman–Crippen LogP) is 4.66. The van der Waals surface area contributed by atoms with Crippen LogP contribution in [-0.4, -0.2) is 4.98 Å². The number of rotatable bonds is 4. The van der Waals surface area contributed by atoms with Crippen molar-refractivity contribution >= 4 is 17.4 Å². The summed E-state index contributed by atoms with van der Waals surface area (Å²) in [5.74, 6) is 0.698. The Labute approximate surface area is 116 Å². The third-order valence-electron chi connectivity index (χ3n) is 2.76. The first-order valence-electron chi connectivity index (χ1n) is 6.10. The number of thiophene rings is 1. The van der Waals surface area contributed by atoms with E-state index >= 15 is 0 Å². The molecule has 2 aromatic heterocycles. The molecule has 0 aliphatic rings. The maximum atomic E-state index is 5.47. The molecule has 0 atom stereocenters. The minimum atomic E-state index is 0.698. The molecule has 0 amide bonds. The van der Waals surface area contributed by atoms with Gasteiger partial charge < -0.3 is 4.42 Å². The van der Waals surface area contributed by atoms with Crippen molar-refractivity contribution in [2.45, 2.75) is 6.42 Å². The van der Waals surface area contributed by atoms with Gasteiger partial charge in [0.1, 0.15) is 6.26 Å². The summed E-state index contributed by atoms with van der Waals surface area (Å²) in [6.07, 6.45) is 6.70. The average Bonchev–Trinajstić information content (AvgIpc) is 3.10. The first-order valence-corrected chi connectivity index (χ1v) is 7.05. The Morgan fingerprint density at radius 2 is 2.05 bits per heavy atom. The summed E-state index contributed by atoms with van der Waals surface area (Å²) < 4.78 is 5.47. The molecule has 0 spiro atoms. The molecule has 0 bridgehead atoms. The molecule has 3 heteroatoms. The highest BCUT2D eigenvalue weighted by Gasteiger charge is 2.05. The molecule has 0 saturated carbocycles. The lowest BCUT2D eigenvalue weighted by Gasteiger charge is -1.90. The van der Waals surface area contributed by atoms with Gasteiger partial charge in [0.2, 0.25) is 5.89 Å². The third kappa shape index (κ3) is 3.01. The van der Waals surface area contributed by atoms with Crippen molar-refractivity contribution in [1.82, 2.24) is 4.98 Å². The minimum absolute atomic E-state index is 0.698. The van der Waals surface area contributed by atoms with E-state index in [1.807, 2.05) is 35.0 Å². The molecular formula is C16H13NOS. The normalized spacial score (nSPS) is 11.2. The van der Waals surface area contributed by atoms with Gasteiger partial charge in [0.25, 0.3) is 0 Å². The van der Waals surface area contributed by atoms with E-state index in [-0.39, 0.29) is 0 Å². The standard InChI is InChI=1S/C16H13NOS/c1-2-5-13(6-3-1)7-4-8-15-11-18-16(17-15)14-9-10-19-12-14/h1-7,9-12H,8H2/b7-4+. The summed E-state index contributed by atoms with van der Waals surface area (Å²) in [7, 11) is 0. The molecule has 2 nitrogen and oxygen atoms in total. The molecule has 0 saturated heterocycles. The van der Waals surface area contributed by atoms with Crippen LogP contribution in [0.1, 0.15) is 11.3 Å². The van der Waals surface area contributed by atoms with Crippen LogP contribution in [0.3, 0.4) is 0 Å². The zero-order chi connectivity index (χ0) is 12.9. The number of benzene rings is 1. The van der Waals surface area contributed by atoms with Crippen molar-refractivity contribution in [2.75, 3.05) is 0 Å². The van der Waals surface area contributed by atoms with E-state index < -0.39 is 0 Å². The molecule has 3 aromatic rings. The number of hydrogen-bond acceptors (Lipinski definition) is 3. The molecule has 1 aromatic carbocycles. The molecule has 19 heavy (non-hydrogen) atoms. The molecule has 2 heterocycles. The largest absolute Gasteiger partial charge is 0.444 e. The van der Waals surface area contributed by atoms with Crippen LogP contribution in [0.15, 0.2) is 63.9 Å². The van der Waals surface area contributed by atoms with Gasteiger partial charge in [0, 0.05) is 17.4 Å². The Bertz CT molecular complexity index is 653. The predicted molar refractivity (Wildman–Crippen MR) is 79.0 cm³/mol. The summed E-state index contributed by atoms with van der Waals surface area (Å²) >= 11 is 1.64. The minimum Gasteiger partial charge on any atom is -0.444 e. The number of oxazole rings is 1. The van der Waals surface area contributed by atoms with Crippen LogP contribution >= 0.6 is 11.3 Å². The smallest absolute Gasteiger partial charge is 0.226 e. The third-order valence-corrected chi connectivity index (χ3v) is 3.44. The number of aromatic nitrogens is 1. The highest BCUT2D eigenvalue weighted by Crippen LogP contribution is 2.21. The number of nitrogens with zero attached hydrogens (tertiary/aromatic N) is 1. The lowest BCUT2D eigenvalue weighted by molar-refractivity contribution is 0.573. The van der Waals surface area contributed by atoms with E-state index in [0.29, 0.717) is 5.89 Å². The topological polar surface area (TPSA) is 26.0 Å². The van der Waals surface area contributed by atoms with Crippen molar-refractivity contribution in [1.29, 1.82) is 0 Å². The highest BCUT2D eigenvalue weighted by molar-refractivity contribution is 7.08. The van der Waals surface area contributed by atoms with Gasteiger partial charge in [-0.05, 0) is 17.0 Å². The van der Waals surface area contributed by atoms with Gasteiger partial charge in [0.05, 0.1) is 5.69 Å². The van der Waals surface area contributed by atoms with E-state index in [9.17, 15) is 0 Å². The molecule has 94 valence electrons. The molecule has 0 radical (unpaired) electrons. The molecule has 0 aliphatic carbocycles. The van der Waals surface area contributed by atoms with Gasteiger partial charge in [0.15, 0.2) is 0 Å². The summed E-state index contributed by atoms with van der Waals surface area (Å²) in [6, 6.07) is 12.3. The van der Waals surface area contributed by atoms with Crippen LogP contribution in [0.2, 0.25) is 0 Å². The molecule has 0 aliphatic heterocycles. The fraction of sp³-hybridized carbons (Fsp3) is 0.0625. The van der Waals surface area contributed by atoms with E-state index in [1.165, 1.54) is 5.56 Å². The van der Waals surface area contributed by atoms with Gasteiger partial charge in [-0.3, -0.25) is 0 Å². The second-order valence-electron chi connectivity index (χ2n) is 4.17. The number of hydrogen-bond donors (Lipinski definition) is 0. The fourth-order valence-corrected chi connectivity index (χ4v) is 2.43. The average molecular weight is 267 g/mol. The Morgan fingerprint density at radius 1 is 1.16 bits per heavy atom. The Morgan fingerprint density at radius 3 is 2.84 bits per heavy atom. The summed E-state index contributed by atoms with van der Waals surface area (Å²) in [4.78, 5) is 4.47. The van der Waals surface area contributed by atoms with Gasteiger partial charge in [-0.2, -0.15) is 11.3 Å². The first-order chi connectivity index (χ1) is 9.42. The maximum Gasteiger partial charge on any atom is 0.226 e. The Kier molecular flexibility index (Phi) is 3.56. The van der Waals surface area contributed by atoms with Crippen LogP contribution in [0.25, 0.3) is 17.5 Å². The van der Waals surface area contributed by atoms with Crippen LogP contribution in [-0.2, 0) is 6.42 Å². The van der Waals surface area contributed by atoms with E-state index in [4.69, 9.17) is 4.42 Å². The molecule has 0 N–H and O–H groups in total. The van der Waals surface area contributed by atoms with Crippen molar-refractivity contribution in [3.8, 4) is 11.5 Å². The van der Waals surface area contributed by atoms with Gasteiger partial charge in [-0.15, -0.1) is 0 Å². The quantitative estimate of drug-likeness (QED) is 0.687. The summed E-state index contributed by atoms with van der Waals surface area (Å²) in [6.45, 7) is 0. The van der Waals surface area contributed by atoms with Crippen LogP contribution in [0.4, 0.5) is 0 Å². The van der Waals surface area contributed by atoms with E-state index in [1.54, 1.807) is 17.6 Å². The molecule has 3 rings (SSSR count). The number of allylic oxidation sites excluding steroid dienone is 1. The van der Waals surface area contributed by atoms with Gasteiger partial charge in [-0.1, -0.05) is 42.5 Å².